The third-order valence-corrected chi connectivity index (χ3v) is 2.16. The molecule has 0 fully saturated rings. The third kappa shape index (κ3) is 2.26. The van der Waals surface area contributed by atoms with Gasteiger partial charge in [-0.1, -0.05) is 11.6 Å². The molecule has 0 heterocycles. The van der Waals surface area contributed by atoms with Crippen molar-refractivity contribution in [1.29, 1.82) is 0 Å². The number of hydrogen-bond donors (Lipinski definition) is 1. The molecule has 0 amide bonds. The van der Waals surface area contributed by atoms with Gasteiger partial charge in [0.05, 0.1) is 18.7 Å². The van der Waals surface area contributed by atoms with Crippen molar-refractivity contribution in [2.24, 2.45) is 4.99 Å². The van der Waals surface area contributed by atoms with E-state index in [1.807, 2.05) is 0 Å². The number of hydrogen-bond acceptors (Lipinski definition) is 4. The van der Waals surface area contributed by atoms with Crippen LogP contribution in [0.1, 0.15) is 5.56 Å². The first-order valence-electron chi connectivity index (χ1n) is 3.89. The van der Waals surface area contributed by atoms with Gasteiger partial charge in [-0.3, -0.25) is 0 Å². The molecule has 0 aromatic heterocycles. The lowest BCUT2D eigenvalue weighted by Gasteiger charge is -2.10. The molecule has 0 spiro atoms. The Bertz CT molecular complexity index is 430. The normalized spacial score (nSPS) is 9.53. The Morgan fingerprint density at radius 2 is 2.40 bits per heavy atom. The first-order chi connectivity index (χ1) is 7.11. The first-order valence-corrected chi connectivity index (χ1v) is 4.27. The Labute approximate surface area is 90.0 Å². The van der Waals surface area contributed by atoms with Gasteiger partial charge in [-0.2, -0.15) is 0 Å². The number of benzene rings is 1. The van der Waals surface area contributed by atoms with Crippen molar-refractivity contribution in [3.63, 3.8) is 0 Å². The first kappa shape index (κ1) is 11.5. The Morgan fingerprint density at radius 1 is 1.73 bits per heavy atom. The number of nitrogens with zero attached hydrogens (tertiary/aromatic N) is 1. The van der Waals surface area contributed by atoms with Gasteiger partial charge in [0.2, 0.25) is 6.08 Å². The van der Waals surface area contributed by atoms with E-state index in [1.54, 1.807) is 0 Å². The molecule has 80 valence electrons. The summed E-state index contributed by atoms with van der Waals surface area (Å²) in [6.07, 6.45) is 1.29. The summed E-state index contributed by atoms with van der Waals surface area (Å²) >= 11 is 5.63. The molecule has 1 aromatic carbocycles. The van der Waals surface area contributed by atoms with Gasteiger partial charge in [0.25, 0.3) is 0 Å². The Kier molecular flexibility index (Phi) is 3.66. The highest BCUT2D eigenvalue weighted by Gasteiger charge is 2.17. The van der Waals surface area contributed by atoms with Crippen molar-refractivity contribution < 1.29 is 19.0 Å². The Hall–Kier alpha value is -1.58. The van der Waals surface area contributed by atoms with Gasteiger partial charge >= 0.3 is 0 Å². The van der Waals surface area contributed by atoms with E-state index in [0.717, 1.165) is 6.07 Å². The fraction of sp³-hybridized carbons (Fsp3) is 0.222. The fourth-order valence-electron chi connectivity index (χ4n) is 1.13. The topological polar surface area (TPSA) is 58.9 Å². The molecule has 0 aliphatic carbocycles. The molecule has 0 saturated carbocycles. The number of aromatic hydroxyl groups is 1. The van der Waals surface area contributed by atoms with Crippen molar-refractivity contribution in [2.45, 2.75) is 6.54 Å². The van der Waals surface area contributed by atoms with Crippen LogP contribution in [0.25, 0.3) is 0 Å². The molecule has 1 rings (SSSR count). The molecule has 1 aromatic rings. The van der Waals surface area contributed by atoms with Crippen LogP contribution in [0.15, 0.2) is 11.1 Å². The molecule has 0 saturated heterocycles. The van der Waals surface area contributed by atoms with Crippen LogP contribution < -0.4 is 4.74 Å². The van der Waals surface area contributed by atoms with Crippen molar-refractivity contribution >= 4 is 17.7 Å². The lowest BCUT2D eigenvalue weighted by Crippen LogP contribution is -1.95. The summed E-state index contributed by atoms with van der Waals surface area (Å²) in [6, 6.07) is 0.829. The van der Waals surface area contributed by atoms with Crippen molar-refractivity contribution in [2.75, 3.05) is 7.11 Å². The van der Waals surface area contributed by atoms with Crippen LogP contribution in [0.2, 0.25) is 5.02 Å². The van der Waals surface area contributed by atoms with E-state index in [9.17, 15) is 14.3 Å². The molecule has 0 aliphatic heterocycles. The summed E-state index contributed by atoms with van der Waals surface area (Å²) in [5, 5.41) is 9.10. The van der Waals surface area contributed by atoms with Gasteiger partial charge in [-0.05, 0) is 0 Å². The average molecular weight is 232 g/mol. The number of aliphatic imine (C=N–C) groups is 1. The zero-order valence-electron chi connectivity index (χ0n) is 7.75. The third-order valence-electron chi connectivity index (χ3n) is 1.75. The molecular formula is C9H7ClFNO3. The Balaban J connectivity index is 3.35. The van der Waals surface area contributed by atoms with Crippen molar-refractivity contribution in [3.8, 4) is 11.5 Å². The molecule has 6 heteroatoms. The molecule has 0 radical (unpaired) electrons. The van der Waals surface area contributed by atoms with Crippen LogP contribution >= 0.6 is 11.6 Å². The Morgan fingerprint density at radius 3 is 2.93 bits per heavy atom. The molecule has 4 nitrogen and oxygen atoms in total. The summed E-state index contributed by atoms with van der Waals surface area (Å²) in [5.74, 6) is -1.19. The molecule has 0 aliphatic rings. The van der Waals surface area contributed by atoms with Gasteiger partial charge in [-0.25, -0.2) is 14.2 Å². The zero-order valence-corrected chi connectivity index (χ0v) is 8.51. The second kappa shape index (κ2) is 4.77. The smallest absolute Gasteiger partial charge is 0.235 e. The number of carbonyl (C=O) groups excluding carboxylic acids is 1. The summed E-state index contributed by atoms with van der Waals surface area (Å²) in [6.45, 7) is -0.198. The zero-order chi connectivity index (χ0) is 11.4. The van der Waals surface area contributed by atoms with Gasteiger partial charge in [0.15, 0.2) is 11.5 Å². The lowest BCUT2D eigenvalue weighted by atomic mass is 10.1. The number of phenolic OH excluding ortho intramolecular Hbond substituents is 1. The maximum atomic E-state index is 13.1. The standard InChI is InChI=1S/C9H7ClFNO3/c1-15-9-5(3-12-4-13)8(10)6(11)2-7(9)14/h2,14H,3H2,1H3. The predicted molar refractivity (Wildman–Crippen MR) is 51.5 cm³/mol. The van der Waals surface area contributed by atoms with Crippen LogP contribution in [0.4, 0.5) is 4.39 Å². The second-order valence-electron chi connectivity index (χ2n) is 2.61. The molecule has 0 bridgehead atoms. The second-order valence-corrected chi connectivity index (χ2v) is 2.99. The van der Waals surface area contributed by atoms with Crippen LogP contribution in [-0.4, -0.2) is 18.3 Å². The van der Waals surface area contributed by atoms with E-state index in [1.165, 1.54) is 13.2 Å². The average Bonchev–Trinajstić information content (AvgIpc) is 2.21. The summed E-state index contributed by atoms with van der Waals surface area (Å²) in [7, 11) is 1.29. The van der Waals surface area contributed by atoms with Crippen molar-refractivity contribution in [1.82, 2.24) is 0 Å². The van der Waals surface area contributed by atoms with Gasteiger partial charge in [-0.15, -0.1) is 0 Å². The van der Waals surface area contributed by atoms with Gasteiger partial charge in [0.1, 0.15) is 5.82 Å². The van der Waals surface area contributed by atoms with E-state index in [4.69, 9.17) is 16.3 Å². The monoisotopic (exact) mass is 231 g/mol. The summed E-state index contributed by atoms with van der Waals surface area (Å²) < 4.78 is 17.9. The van der Waals surface area contributed by atoms with Gasteiger partial charge < -0.3 is 9.84 Å². The molecule has 1 N–H and O–H groups in total. The van der Waals surface area contributed by atoms with E-state index in [-0.39, 0.29) is 22.9 Å². The highest BCUT2D eigenvalue weighted by Crippen LogP contribution is 2.37. The van der Waals surface area contributed by atoms with Crippen LogP contribution in [0.5, 0.6) is 11.5 Å². The number of methoxy groups -OCH3 is 1. The minimum atomic E-state index is -0.800. The van der Waals surface area contributed by atoms with E-state index >= 15 is 0 Å². The minimum absolute atomic E-state index is 0.000370. The quantitative estimate of drug-likeness (QED) is 0.640. The van der Waals surface area contributed by atoms with E-state index in [2.05, 4.69) is 4.99 Å². The minimum Gasteiger partial charge on any atom is -0.504 e. The number of halogens is 2. The largest absolute Gasteiger partial charge is 0.504 e. The van der Waals surface area contributed by atoms with Crippen LogP contribution in [0, 0.1) is 5.82 Å². The van der Waals surface area contributed by atoms with Crippen molar-refractivity contribution in [3.05, 3.63) is 22.5 Å². The van der Waals surface area contributed by atoms with Gasteiger partial charge in [0, 0.05) is 11.6 Å². The SMILES string of the molecule is COc1c(O)cc(F)c(Cl)c1CN=C=O. The van der Waals surface area contributed by atoms with E-state index < -0.39 is 11.6 Å². The molecule has 15 heavy (non-hydrogen) atoms. The summed E-state index contributed by atoms with van der Waals surface area (Å²) in [5.41, 5.74) is 0.111. The number of rotatable bonds is 3. The number of phenols is 1. The lowest BCUT2D eigenvalue weighted by molar-refractivity contribution is 0.366. The number of isocyanates is 1. The highest BCUT2D eigenvalue weighted by molar-refractivity contribution is 6.31. The van der Waals surface area contributed by atoms with Crippen LogP contribution in [0.3, 0.4) is 0 Å². The molecule has 0 atom stereocenters. The maximum absolute atomic E-state index is 13.1. The van der Waals surface area contributed by atoms with Crippen LogP contribution in [-0.2, 0) is 11.3 Å². The summed E-state index contributed by atoms with van der Waals surface area (Å²) in [4.78, 5) is 13.2. The highest BCUT2D eigenvalue weighted by atomic mass is 35.5. The predicted octanol–water partition coefficient (Wildman–Crippen LogP) is 2.03. The fourth-order valence-corrected chi connectivity index (χ4v) is 1.33. The molecule has 0 unspecified atom stereocenters. The van der Waals surface area contributed by atoms with E-state index in [0.29, 0.717) is 0 Å². The maximum Gasteiger partial charge on any atom is 0.235 e. The number of ether oxygens (including phenoxy) is 1. The molecular weight excluding hydrogens is 225 g/mol.